The van der Waals surface area contributed by atoms with E-state index in [0.29, 0.717) is 5.56 Å². The van der Waals surface area contributed by atoms with Gasteiger partial charge in [-0.3, -0.25) is 4.79 Å². The van der Waals surface area contributed by atoms with Crippen LogP contribution in [0.2, 0.25) is 0 Å². The zero-order valence-electron chi connectivity index (χ0n) is 10.0. The number of nitrogens with zero attached hydrogens (tertiary/aromatic N) is 3. The van der Waals surface area contributed by atoms with Crippen LogP contribution >= 0.6 is 0 Å². The maximum Gasteiger partial charge on any atom is 0.289 e. The lowest BCUT2D eigenvalue weighted by Crippen LogP contribution is -2.23. The number of aryl methyl sites for hydroxylation is 2. The highest BCUT2D eigenvalue weighted by molar-refractivity contribution is 5.81. The van der Waals surface area contributed by atoms with E-state index >= 15 is 0 Å². The molecule has 0 aliphatic heterocycles. The quantitative estimate of drug-likeness (QED) is 0.711. The second-order valence-electron chi connectivity index (χ2n) is 3.76. The summed E-state index contributed by atoms with van der Waals surface area (Å²) in [5.41, 5.74) is 2.13. The lowest BCUT2D eigenvalue weighted by Gasteiger charge is -2.07. The van der Waals surface area contributed by atoms with Crippen LogP contribution in [0.4, 0.5) is 0 Å². The Bertz CT molecular complexity index is 532. The van der Waals surface area contributed by atoms with Gasteiger partial charge in [-0.15, -0.1) is 0 Å². The van der Waals surface area contributed by atoms with E-state index in [1.807, 2.05) is 26.8 Å². The molecule has 1 rings (SSSR count). The van der Waals surface area contributed by atoms with E-state index in [9.17, 15) is 4.79 Å². The Kier molecular flexibility index (Phi) is 3.62. The Morgan fingerprint density at radius 1 is 1.56 bits per heavy atom. The Morgan fingerprint density at radius 2 is 2.19 bits per heavy atom. The molecule has 0 spiro atoms. The Balaban J connectivity index is 3.54. The van der Waals surface area contributed by atoms with E-state index < -0.39 is 0 Å². The molecule has 0 aromatic carbocycles. The van der Waals surface area contributed by atoms with E-state index in [0.717, 1.165) is 17.8 Å². The van der Waals surface area contributed by atoms with Crippen molar-refractivity contribution < 1.29 is 0 Å². The average molecular weight is 217 g/mol. The zero-order chi connectivity index (χ0) is 12.3. The van der Waals surface area contributed by atoms with E-state index in [1.54, 1.807) is 13.0 Å². The SMILES string of the molecule is CC/C(C)=N\n1c(C)cc(C)c(C#N)c1=O. The molecule has 1 heterocycles. The summed E-state index contributed by atoms with van der Waals surface area (Å²) in [6, 6.07) is 3.72. The second kappa shape index (κ2) is 4.75. The molecule has 0 aliphatic rings. The number of nitriles is 1. The smallest absolute Gasteiger partial charge is 0.266 e. The number of rotatable bonds is 2. The molecule has 0 atom stereocenters. The number of hydrogen-bond acceptors (Lipinski definition) is 3. The molecular formula is C12H15N3O. The Hall–Kier alpha value is -1.89. The second-order valence-corrected chi connectivity index (χ2v) is 3.76. The van der Waals surface area contributed by atoms with Crippen LogP contribution in [0.1, 0.15) is 37.1 Å². The maximum absolute atomic E-state index is 11.9. The number of aromatic nitrogens is 1. The van der Waals surface area contributed by atoms with Gasteiger partial charge in [0.15, 0.2) is 0 Å². The molecular weight excluding hydrogens is 202 g/mol. The maximum atomic E-state index is 11.9. The van der Waals surface area contributed by atoms with Crippen molar-refractivity contribution in [1.82, 2.24) is 4.68 Å². The van der Waals surface area contributed by atoms with Crippen LogP contribution in [0.3, 0.4) is 0 Å². The monoisotopic (exact) mass is 217 g/mol. The van der Waals surface area contributed by atoms with Gasteiger partial charge in [0.1, 0.15) is 11.6 Å². The van der Waals surface area contributed by atoms with Crippen LogP contribution in [-0.2, 0) is 0 Å². The normalized spacial score (nSPS) is 11.3. The van der Waals surface area contributed by atoms with Gasteiger partial charge in [0.2, 0.25) is 0 Å². The molecule has 0 N–H and O–H groups in total. The van der Waals surface area contributed by atoms with Gasteiger partial charge < -0.3 is 0 Å². The zero-order valence-corrected chi connectivity index (χ0v) is 10.0. The molecule has 1 aromatic heterocycles. The minimum absolute atomic E-state index is 0.165. The van der Waals surface area contributed by atoms with Crippen molar-refractivity contribution in [3.8, 4) is 6.07 Å². The molecule has 0 saturated carbocycles. The van der Waals surface area contributed by atoms with Crippen molar-refractivity contribution in [3.05, 3.63) is 33.2 Å². The van der Waals surface area contributed by atoms with Crippen LogP contribution in [-0.4, -0.2) is 10.4 Å². The third kappa shape index (κ3) is 2.19. The molecule has 0 amide bonds. The number of hydrogen-bond donors (Lipinski definition) is 0. The largest absolute Gasteiger partial charge is 0.289 e. The molecule has 84 valence electrons. The Labute approximate surface area is 94.8 Å². The first-order valence-corrected chi connectivity index (χ1v) is 5.19. The third-order valence-electron chi connectivity index (χ3n) is 2.45. The standard InChI is InChI=1S/C12H15N3O/c1-5-9(3)14-15-10(4)6-8(2)11(7-13)12(15)16/h6H,5H2,1-4H3/b14-9-. The topological polar surface area (TPSA) is 58.1 Å². The van der Waals surface area contributed by atoms with Gasteiger partial charge in [-0.25, -0.2) is 4.68 Å². The van der Waals surface area contributed by atoms with E-state index in [1.165, 1.54) is 4.68 Å². The van der Waals surface area contributed by atoms with Gasteiger partial charge in [0, 0.05) is 11.4 Å². The molecule has 0 aliphatic carbocycles. The van der Waals surface area contributed by atoms with Gasteiger partial charge >= 0.3 is 0 Å². The molecule has 0 fully saturated rings. The van der Waals surface area contributed by atoms with Crippen LogP contribution in [0.25, 0.3) is 0 Å². The first kappa shape index (κ1) is 12.2. The van der Waals surface area contributed by atoms with Crippen molar-refractivity contribution in [2.45, 2.75) is 34.1 Å². The lowest BCUT2D eigenvalue weighted by molar-refractivity contribution is 0.776. The van der Waals surface area contributed by atoms with Crippen LogP contribution in [0.15, 0.2) is 16.0 Å². The molecule has 0 unspecified atom stereocenters. The van der Waals surface area contributed by atoms with Gasteiger partial charge in [0.25, 0.3) is 5.56 Å². The van der Waals surface area contributed by atoms with Crippen molar-refractivity contribution in [3.63, 3.8) is 0 Å². The molecule has 16 heavy (non-hydrogen) atoms. The summed E-state index contributed by atoms with van der Waals surface area (Å²) >= 11 is 0. The summed E-state index contributed by atoms with van der Waals surface area (Å²) in [7, 11) is 0. The molecule has 0 bridgehead atoms. The predicted octanol–water partition coefficient (Wildman–Crippen LogP) is 1.97. The van der Waals surface area contributed by atoms with Gasteiger partial charge in [-0.05, 0) is 38.8 Å². The first-order valence-electron chi connectivity index (χ1n) is 5.19. The van der Waals surface area contributed by atoms with Crippen molar-refractivity contribution in [2.75, 3.05) is 0 Å². The van der Waals surface area contributed by atoms with Gasteiger partial charge in [0.05, 0.1) is 0 Å². The van der Waals surface area contributed by atoms with Crippen molar-refractivity contribution in [2.24, 2.45) is 5.10 Å². The first-order chi connectivity index (χ1) is 7.51. The van der Waals surface area contributed by atoms with E-state index in [4.69, 9.17) is 5.26 Å². The lowest BCUT2D eigenvalue weighted by atomic mass is 10.1. The molecule has 0 radical (unpaired) electrons. The van der Waals surface area contributed by atoms with Gasteiger partial charge in [-0.1, -0.05) is 6.92 Å². The average Bonchev–Trinajstić information content (AvgIpc) is 2.24. The fourth-order valence-corrected chi connectivity index (χ4v) is 1.38. The molecule has 0 saturated heterocycles. The van der Waals surface area contributed by atoms with Crippen LogP contribution in [0, 0.1) is 25.2 Å². The molecule has 4 nitrogen and oxygen atoms in total. The van der Waals surface area contributed by atoms with Gasteiger partial charge in [-0.2, -0.15) is 10.4 Å². The fraction of sp³-hybridized carbons (Fsp3) is 0.417. The summed E-state index contributed by atoms with van der Waals surface area (Å²) in [6.07, 6.45) is 0.779. The highest BCUT2D eigenvalue weighted by Crippen LogP contribution is 2.05. The highest BCUT2D eigenvalue weighted by Gasteiger charge is 2.09. The van der Waals surface area contributed by atoms with Crippen LogP contribution < -0.4 is 5.56 Å². The molecule has 1 aromatic rings. The highest BCUT2D eigenvalue weighted by atomic mass is 16.1. The Morgan fingerprint density at radius 3 is 2.69 bits per heavy atom. The minimum atomic E-state index is -0.340. The van der Waals surface area contributed by atoms with Crippen molar-refractivity contribution in [1.29, 1.82) is 5.26 Å². The summed E-state index contributed by atoms with van der Waals surface area (Å²) in [4.78, 5) is 11.9. The fourth-order valence-electron chi connectivity index (χ4n) is 1.38. The predicted molar refractivity (Wildman–Crippen MR) is 63.7 cm³/mol. The molecule has 4 heteroatoms. The van der Waals surface area contributed by atoms with E-state index in [2.05, 4.69) is 5.10 Å². The van der Waals surface area contributed by atoms with Crippen LogP contribution in [0.5, 0.6) is 0 Å². The summed E-state index contributed by atoms with van der Waals surface area (Å²) in [5.74, 6) is 0. The summed E-state index contributed by atoms with van der Waals surface area (Å²) < 4.78 is 1.30. The van der Waals surface area contributed by atoms with E-state index in [-0.39, 0.29) is 11.1 Å². The third-order valence-corrected chi connectivity index (χ3v) is 2.45. The van der Waals surface area contributed by atoms with Crippen molar-refractivity contribution >= 4 is 5.71 Å². The summed E-state index contributed by atoms with van der Waals surface area (Å²) in [6.45, 7) is 7.39. The number of pyridine rings is 1. The summed E-state index contributed by atoms with van der Waals surface area (Å²) in [5, 5.41) is 13.1. The minimum Gasteiger partial charge on any atom is -0.266 e.